The van der Waals surface area contributed by atoms with Crippen molar-refractivity contribution in [3.63, 3.8) is 0 Å². The minimum Gasteiger partial charge on any atom is -0.506 e. The molecule has 0 fully saturated rings. The number of hydrogen-bond acceptors (Lipinski definition) is 7. The molecule has 28 heavy (non-hydrogen) atoms. The molecule has 9 heteroatoms. The summed E-state index contributed by atoms with van der Waals surface area (Å²) in [5.74, 6) is -3.37. The van der Waals surface area contributed by atoms with Crippen LogP contribution in [-0.4, -0.2) is 69.1 Å². The molecule has 0 amide bonds. The van der Waals surface area contributed by atoms with Gasteiger partial charge in [0.05, 0.1) is 19.2 Å². The second-order valence-electron chi connectivity index (χ2n) is 5.74. The van der Waals surface area contributed by atoms with Crippen molar-refractivity contribution < 1.29 is 35.1 Å². The van der Waals surface area contributed by atoms with Crippen LogP contribution in [0.1, 0.15) is 31.8 Å². The summed E-state index contributed by atoms with van der Waals surface area (Å²) in [6.07, 6.45) is 1.52. The molecule has 2 aromatic rings. The number of aromatic carboxylic acids is 2. The molecule has 0 aromatic heterocycles. The van der Waals surface area contributed by atoms with Crippen molar-refractivity contribution in [1.82, 2.24) is 0 Å². The predicted octanol–water partition coefficient (Wildman–Crippen LogP) is 1.39. The van der Waals surface area contributed by atoms with Crippen LogP contribution in [0.2, 0.25) is 0 Å². The van der Waals surface area contributed by atoms with E-state index in [0.717, 1.165) is 0 Å². The molecule has 0 atom stereocenters. The number of carbonyl (C=O) groups is 2. The fourth-order valence-electron chi connectivity index (χ4n) is 2.28. The smallest absolute Gasteiger partial charge is 0.339 e. The van der Waals surface area contributed by atoms with Gasteiger partial charge in [-0.1, -0.05) is 12.1 Å². The van der Waals surface area contributed by atoms with Crippen molar-refractivity contribution >= 4 is 24.4 Å². The van der Waals surface area contributed by atoms with Crippen LogP contribution in [0, 0.1) is 0 Å². The average molecular weight is 386 g/mol. The van der Waals surface area contributed by atoms with E-state index in [9.17, 15) is 24.9 Å². The SMILES string of the molecule is O=C(O)c1cccc(C=NCC(O)CN=Cc2cccc(C(=O)O)c2O)c1O. The number of hydrogen-bond donors (Lipinski definition) is 5. The summed E-state index contributed by atoms with van der Waals surface area (Å²) >= 11 is 0. The van der Waals surface area contributed by atoms with Crippen molar-refractivity contribution in [2.45, 2.75) is 6.10 Å². The maximum absolute atomic E-state index is 11.0. The molecule has 0 spiro atoms. The molecule has 0 aliphatic rings. The number of aliphatic imine (C=N–C) groups is 2. The number of aliphatic hydroxyl groups is 1. The molecule has 2 rings (SSSR count). The third-order valence-corrected chi connectivity index (χ3v) is 3.69. The Morgan fingerprint density at radius 2 is 1.21 bits per heavy atom. The maximum Gasteiger partial charge on any atom is 0.339 e. The van der Waals surface area contributed by atoms with Crippen molar-refractivity contribution in [2.24, 2.45) is 9.98 Å². The largest absolute Gasteiger partial charge is 0.506 e. The molecule has 0 saturated carbocycles. The number of carboxylic acids is 2. The van der Waals surface area contributed by atoms with Gasteiger partial charge in [-0.15, -0.1) is 0 Å². The standard InChI is InChI=1S/C19H18N2O7/c22-13(9-20-7-11-3-1-5-14(16(11)23)18(25)26)10-21-8-12-4-2-6-15(17(12)24)19(27)28/h1-8,13,22-24H,9-10H2,(H,25,26)(H,27,28). The Bertz CT molecular complexity index is 862. The fourth-order valence-corrected chi connectivity index (χ4v) is 2.28. The normalized spacial score (nSPS) is 12.5. The van der Waals surface area contributed by atoms with Crippen LogP contribution in [0.3, 0.4) is 0 Å². The van der Waals surface area contributed by atoms with Gasteiger partial charge in [0, 0.05) is 23.6 Å². The molecule has 0 saturated heterocycles. The highest BCUT2D eigenvalue weighted by molar-refractivity contribution is 5.96. The summed E-state index contributed by atoms with van der Waals surface area (Å²) in [4.78, 5) is 29.8. The van der Waals surface area contributed by atoms with E-state index >= 15 is 0 Å². The topological polar surface area (TPSA) is 160 Å². The lowest BCUT2D eigenvalue weighted by Gasteiger charge is -2.05. The Morgan fingerprint density at radius 3 is 1.57 bits per heavy atom. The molecule has 146 valence electrons. The Balaban J connectivity index is 1.96. The van der Waals surface area contributed by atoms with E-state index in [4.69, 9.17) is 10.2 Å². The number of benzene rings is 2. The molecule has 0 radical (unpaired) electrons. The van der Waals surface area contributed by atoms with Crippen LogP contribution < -0.4 is 0 Å². The molecule has 0 bridgehead atoms. The summed E-state index contributed by atoms with van der Waals surface area (Å²) in [6, 6.07) is 8.40. The Kier molecular flexibility index (Phi) is 6.83. The molecule has 9 nitrogen and oxygen atoms in total. The first-order valence-electron chi connectivity index (χ1n) is 8.09. The Labute approximate surface area is 159 Å². The molecule has 0 aliphatic carbocycles. The van der Waals surface area contributed by atoms with Gasteiger partial charge in [0.25, 0.3) is 0 Å². The van der Waals surface area contributed by atoms with Gasteiger partial charge in [-0.3, -0.25) is 9.98 Å². The molecular formula is C19H18N2O7. The summed E-state index contributed by atoms with van der Waals surface area (Å²) in [7, 11) is 0. The molecular weight excluding hydrogens is 368 g/mol. The first kappa shape index (κ1) is 20.6. The van der Waals surface area contributed by atoms with E-state index in [1.54, 1.807) is 0 Å². The number of rotatable bonds is 8. The van der Waals surface area contributed by atoms with Gasteiger partial charge in [-0.25, -0.2) is 9.59 Å². The van der Waals surface area contributed by atoms with Crippen LogP contribution in [0.5, 0.6) is 11.5 Å². The van der Waals surface area contributed by atoms with Crippen LogP contribution in [-0.2, 0) is 0 Å². The summed E-state index contributed by atoms with van der Waals surface area (Å²) in [5.41, 5.74) is -0.105. The summed E-state index contributed by atoms with van der Waals surface area (Å²) in [6.45, 7) is -0.121. The van der Waals surface area contributed by atoms with E-state index in [0.29, 0.717) is 0 Å². The number of phenols is 2. The van der Waals surface area contributed by atoms with Crippen molar-refractivity contribution in [3.8, 4) is 11.5 Å². The number of carboxylic acid groups (broad SMARTS) is 2. The fraction of sp³-hybridized carbons (Fsp3) is 0.158. The Hall–Kier alpha value is -3.72. The highest BCUT2D eigenvalue weighted by Crippen LogP contribution is 2.21. The molecule has 0 unspecified atom stereocenters. The minimum atomic E-state index is -1.27. The van der Waals surface area contributed by atoms with E-state index in [1.807, 2.05) is 0 Å². The van der Waals surface area contributed by atoms with Gasteiger partial charge in [-0.05, 0) is 24.3 Å². The monoisotopic (exact) mass is 386 g/mol. The van der Waals surface area contributed by atoms with Gasteiger partial charge < -0.3 is 25.5 Å². The molecule has 0 heterocycles. The zero-order valence-corrected chi connectivity index (χ0v) is 14.6. The summed E-state index contributed by atoms with van der Waals surface area (Å²) in [5, 5.41) is 47.5. The highest BCUT2D eigenvalue weighted by atomic mass is 16.4. The van der Waals surface area contributed by atoms with E-state index < -0.39 is 29.5 Å². The lowest BCUT2D eigenvalue weighted by molar-refractivity contribution is 0.0682. The highest BCUT2D eigenvalue weighted by Gasteiger charge is 2.12. The lowest BCUT2D eigenvalue weighted by Crippen LogP contribution is -2.15. The second kappa shape index (κ2) is 9.28. The quantitative estimate of drug-likeness (QED) is 0.428. The van der Waals surface area contributed by atoms with Crippen LogP contribution in [0.25, 0.3) is 0 Å². The van der Waals surface area contributed by atoms with Gasteiger partial charge in [-0.2, -0.15) is 0 Å². The number of nitrogens with zero attached hydrogens (tertiary/aromatic N) is 2. The van der Waals surface area contributed by atoms with Crippen molar-refractivity contribution in [2.75, 3.05) is 13.1 Å². The first-order chi connectivity index (χ1) is 13.3. The van der Waals surface area contributed by atoms with Gasteiger partial charge in [0.1, 0.15) is 22.6 Å². The van der Waals surface area contributed by atoms with Crippen molar-refractivity contribution in [3.05, 3.63) is 58.7 Å². The van der Waals surface area contributed by atoms with Crippen LogP contribution in [0.15, 0.2) is 46.4 Å². The van der Waals surface area contributed by atoms with E-state index in [1.165, 1.54) is 48.8 Å². The van der Waals surface area contributed by atoms with Crippen molar-refractivity contribution in [1.29, 1.82) is 0 Å². The lowest BCUT2D eigenvalue weighted by atomic mass is 10.1. The van der Waals surface area contributed by atoms with Gasteiger partial charge in [0.2, 0.25) is 0 Å². The number of para-hydroxylation sites is 2. The molecule has 5 N–H and O–H groups in total. The van der Waals surface area contributed by atoms with Crippen LogP contribution in [0.4, 0.5) is 0 Å². The zero-order chi connectivity index (χ0) is 20.7. The van der Waals surface area contributed by atoms with Crippen LogP contribution >= 0.6 is 0 Å². The second-order valence-corrected chi connectivity index (χ2v) is 5.74. The van der Waals surface area contributed by atoms with Gasteiger partial charge >= 0.3 is 11.9 Å². The van der Waals surface area contributed by atoms with E-state index in [-0.39, 0.29) is 35.3 Å². The third-order valence-electron chi connectivity index (χ3n) is 3.69. The predicted molar refractivity (Wildman–Crippen MR) is 101 cm³/mol. The number of aromatic hydroxyl groups is 2. The molecule has 2 aromatic carbocycles. The zero-order valence-electron chi connectivity index (χ0n) is 14.6. The minimum absolute atomic E-state index is 0.0603. The Morgan fingerprint density at radius 1 is 0.821 bits per heavy atom. The summed E-state index contributed by atoms with van der Waals surface area (Å²) < 4.78 is 0. The number of aliphatic hydroxyl groups excluding tert-OH is 1. The average Bonchev–Trinajstić information content (AvgIpc) is 2.64. The van der Waals surface area contributed by atoms with E-state index in [2.05, 4.69) is 9.98 Å². The first-order valence-corrected chi connectivity index (χ1v) is 8.09. The molecule has 0 aliphatic heterocycles. The third kappa shape index (κ3) is 5.15. The maximum atomic E-state index is 11.0. The van der Waals surface area contributed by atoms with Gasteiger partial charge in [0.15, 0.2) is 0 Å².